The average molecular weight is 560 g/mol. The van der Waals surface area contributed by atoms with Crippen molar-refractivity contribution in [1.29, 1.82) is 0 Å². The Bertz CT molecular complexity index is 1290. The molecule has 0 spiro atoms. The van der Waals surface area contributed by atoms with Crippen molar-refractivity contribution in [2.45, 2.75) is 23.9 Å². The summed E-state index contributed by atoms with van der Waals surface area (Å²) in [6.45, 7) is 1.88. The van der Waals surface area contributed by atoms with Gasteiger partial charge in [-0.2, -0.15) is 0 Å². The number of benzene rings is 3. The van der Waals surface area contributed by atoms with Crippen LogP contribution in [-0.2, 0) is 6.61 Å². The van der Waals surface area contributed by atoms with E-state index in [0.29, 0.717) is 33.9 Å². The third kappa shape index (κ3) is 5.97. The van der Waals surface area contributed by atoms with Crippen LogP contribution in [-0.4, -0.2) is 26.2 Å². The monoisotopic (exact) mass is 558 g/mol. The Morgan fingerprint density at radius 3 is 2.56 bits per heavy atom. The highest BCUT2D eigenvalue weighted by molar-refractivity contribution is 9.10. The molecule has 7 nitrogen and oxygen atoms in total. The van der Waals surface area contributed by atoms with Gasteiger partial charge in [0.05, 0.1) is 0 Å². The maximum absolute atomic E-state index is 11.6. The summed E-state index contributed by atoms with van der Waals surface area (Å²) in [5.41, 5.74) is 2.53. The van der Waals surface area contributed by atoms with Gasteiger partial charge in [-0.15, -0.1) is 10.2 Å². The van der Waals surface area contributed by atoms with Crippen LogP contribution in [0.15, 0.2) is 82.4 Å². The number of hydrogen-bond donors (Lipinski definition) is 0. The summed E-state index contributed by atoms with van der Waals surface area (Å²) in [4.78, 5) is 11.3. The Kier molecular flexibility index (Phi) is 7.87. The molecule has 10 heteroatoms. The molecule has 0 unspecified atom stereocenters. The zero-order valence-corrected chi connectivity index (χ0v) is 21.3. The molecule has 3 aromatic carbocycles. The van der Waals surface area contributed by atoms with Crippen LogP contribution in [0.4, 0.5) is 0 Å². The molecule has 0 aliphatic carbocycles. The van der Waals surface area contributed by atoms with Gasteiger partial charge >= 0.3 is 0 Å². The predicted octanol–water partition coefficient (Wildman–Crippen LogP) is 6.68. The molecule has 0 amide bonds. The van der Waals surface area contributed by atoms with Crippen LogP contribution in [0.1, 0.15) is 22.2 Å². The first-order chi connectivity index (χ1) is 16.4. The highest BCUT2D eigenvalue weighted by atomic mass is 79.9. The van der Waals surface area contributed by atoms with Gasteiger partial charge in [-0.3, -0.25) is 14.7 Å². The van der Waals surface area contributed by atoms with Gasteiger partial charge in [-0.1, -0.05) is 69.6 Å². The van der Waals surface area contributed by atoms with Gasteiger partial charge in [0.2, 0.25) is 6.54 Å². The Morgan fingerprint density at radius 1 is 1.12 bits per heavy atom. The lowest BCUT2D eigenvalue weighted by atomic mass is 10.1. The van der Waals surface area contributed by atoms with E-state index < -0.39 is 5.25 Å². The fraction of sp³-hybridized carbons (Fsp3) is 0.167. The van der Waals surface area contributed by atoms with Crippen LogP contribution >= 0.6 is 39.3 Å². The van der Waals surface area contributed by atoms with Crippen molar-refractivity contribution < 1.29 is 9.66 Å². The molecule has 0 saturated heterocycles. The van der Waals surface area contributed by atoms with Crippen LogP contribution in [0.25, 0.3) is 5.69 Å². The molecular weight excluding hydrogens is 540 g/mol. The molecule has 0 saturated carbocycles. The summed E-state index contributed by atoms with van der Waals surface area (Å²) in [5, 5.41) is 20.7. The van der Waals surface area contributed by atoms with Gasteiger partial charge in [-0.05, 0) is 55.0 Å². The van der Waals surface area contributed by atoms with E-state index in [9.17, 15) is 10.1 Å². The Morgan fingerprint density at radius 2 is 1.85 bits per heavy atom. The number of nitro groups is 1. The van der Waals surface area contributed by atoms with Crippen molar-refractivity contribution in [3.63, 3.8) is 0 Å². The second kappa shape index (κ2) is 11.0. The van der Waals surface area contributed by atoms with Gasteiger partial charge < -0.3 is 4.74 Å². The average Bonchev–Trinajstić information content (AvgIpc) is 3.18. The maximum Gasteiger partial charge on any atom is 0.220 e. The number of rotatable bonds is 9. The summed E-state index contributed by atoms with van der Waals surface area (Å²) in [6, 6.07) is 22.6. The van der Waals surface area contributed by atoms with E-state index in [1.165, 1.54) is 11.8 Å². The number of halogens is 2. The van der Waals surface area contributed by atoms with Crippen LogP contribution < -0.4 is 4.74 Å². The topological polar surface area (TPSA) is 83.1 Å². The number of hydrogen-bond acceptors (Lipinski definition) is 6. The molecule has 0 bridgehead atoms. The summed E-state index contributed by atoms with van der Waals surface area (Å²) >= 11 is 10.8. The molecular formula is C24H20BrClN4O3S. The minimum atomic E-state index is -0.562. The van der Waals surface area contributed by atoms with Crippen LogP contribution in [0.3, 0.4) is 0 Å². The SMILES string of the molecule is Cc1nnc(S[C@H](C[N+](=O)[O-])c2cc(Br)ccc2OCc2ccccc2)n1-c1ccc(Cl)cc1. The molecule has 1 atom stereocenters. The van der Waals surface area contributed by atoms with Crippen molar-refractivity contribution >= 4 is 39.3 Å². The third-order valence-corrected chi connectivity index (χ3v) is 6.91. The fourth-order valence-electron chi connectivity index (χ4n) is 3.41. The van der Waals surface area contributed by atoms with Crippen LogP contribution in [0.2, 0.25) is 5.02 Å². The lowest BCUT2D eigenvalue weighted by Crippen LogP contribution is -2.12. The minimum absolute atomic E-state index is 0.310. The highest BCUT2D eigenvalue weighted by Gasteiger charge is 2.27. The van der Waals surface area contributed by atoms with E-state index in [4.69, 9.17) is 16.3 Å². The fourth-order valence-corrected chi connectivity index (χ4v) is 5.10. The summed E-state index contributed by atoms with van der Waals surface area (Å²) < 4.78 is 8.76. The summed E-state index contributed by atoms with van der Waals surface area (Å²) in [5.74, 6) is 1.25. The summed E-state index contributed by atoms with van der Waals surface area (Å²) in [7, 11) is 0. The van der Waals surface area contributed by atoms with Crippen LogP contribution in [0, 0.1) is 17.0 Å². The number of aromatic nitrogens is 3. The smallest absolute Gasteiger partial charge is 0.220 e. The summed E-state index contributed by atoms with van der Waals surface area (Å²) in [6.07, 6.45) is 0. The molecule has 0 aliphatic rings. The number of thioether (sulfide) groups is 1. The molecule has 4 aromatic rings. The normalized spacial score (nSPS) is 11.9. The quantitative estimate of drug-likeness (QED) is 0.129. The third-order valence-electron chi connectivity index (χ3n) is 5.00. The van der Waals surface area contributed by atoms with Crippen molar-refractivity contribution in [1.82, 2.24) is 14.8 Å². The van der Waals surface area contributed by atoms with Crippen molar-refractivity contribution in [3.05, 3.63) is 109 Å². The van der Waals surface area contributed by atoms with E-state index in [2.05, 4.69) is 26.1 Å². The first kappa shape index (κ1) is 24.3. The lowest BCUT2D eigenvalue weighted by Gasteiger charge is -2.18. The lowest BCUT2D eigenvalue weighted by molar-refractivity contribution is -0.479. The maximum atomic E-state index is 11.6. The Labute approximate surface area is 214 Å². The molecule has 0 radical (unpaired) electrons. The standard InChI is InChI=1S/C24H20BrClN4O3S/c1-16-27-28-24(30(16)20-10-8-19(26)9-11-20)34-23(14-29(31)32)21-13-18(25)7-12-22(21)33-15-17-5-3-2-4-6-17/h2-13,23H,14-15H2,1H3/t23-/m1/s1. The van der Waals surface area contributed by atoms with Gasteiger partial charge in [0.25, 0.3) is 0 Å². The van der Waals surface area contributed by atoms with E-state index in [1.807, 2.05) is 72.2 Å². The minimum Gasteiger partial charge on any atom is -0.489 e. The first-order valence-electron chi connectivity index (χ1n) is 10.3. The molecule has 1 heterocycles. The van der Waals surface area contributed by atoms with E-state index in [0.717, 1.165) is 15.7 Å². The van der Waals surface area contributed by atoms with E-state index in [-0.39, 0.29) is 11.5 Å². The Hall–Kier alpha value is -2.88. The predicted molar refractivity (Wildman–Crippen MR) is 136 cm³/mol. The molecule has 1 aromatic heterocycles. The first-order valence-corrected chi connectivity index (χ1v) is 12.4. The number of aryl methyl sites for hydroxylation is 1. The molecule has 34 heavy (non-hydrogen) atoms. The van der Waals surface area contributed by atoms with Crippen LogP contribution in [0.5, 0.6) is 5.75 Å². The molecule has 174 valence electrons. The Balaban J connectivity index is 1.68. The van der Waals surface area contributed by atoms with Crippen molar-refractivity contribution in [2.24, 2.45) is 0 Å². The highest BCUT2D eigenvalue weighted by Crippen LogP contribution is 2.41. The number of ether oxygens (including phenoxy) is 1. The molecule has 0 N–H and O–H groups in total. The van der Waals surface area contributed by atoms with E-state index >= 15 is 0 Å². The molecule has 0 fully saturated rings. The zero-order valence-electron chi connectivity index (χ0n) is 18.1. The second-order valence-corrected chi connectivity index (χ2v) is 9.94. The van der Waals surface area contributed by atoms with Crippen molar-refractivity contribution in [3.8, 4) is 11.4 Å². The number of nitrogens with zero attached hydrogens (tertiary/aromatic N) is 4. The van der Waals surface area contributed by atoms with Gasteiger partial charge in [-0.25, -0.2) is 0 Å². The van der Waals surface area contributed by atoms with Gasteiger partial charge in [0.1, 0.15) is 23.4 Å². The zero-order chi connectivity index (χ0) is 24.1. The molecule has 4 rings (SSSR count). The van der Waals surface area contributed by atoms with Gasteiger partial charge in [0.15, 0.2) is 5.16 Å². The van der Waals surface area contributed by atoms with Gasteiger partial charge in [0, 0.05) is 25.7 Å². The molecule has 0 aliphatic heterocycles. The largest absolute Gasteiger partial charge is 0.489 e. The van der Waals surface area contributed by atoms with Crippen molar-refractivity contribution in [2.75, 3.05) is 6.54 Å². The van der Waals surface area contributed by atoms with E-state index in [1.54, 1.807) is 12.1 Å². The second-order valence-electron chi connectivity index (χ2n) is 7.42.